The van der Waals surface area contributed by atoms with Crippen molar-refractivity contribution in [1.82, 2.24) is 10.2 Å². The fourth-order valence-electron chi connectivity index (χ4n) is 3.30. The van der Waals surface area contributed by atoms with Crippen molar-refractivity contribution in [2.75, 3.05) is 38.2 Å². The largest absolute Gasteiger partial charge is 0.497 e. The number of anilines is 1. The van der Waals surface area contributed by atoms with E-state index in [1.54, 1.807) is 7.11 Å². The van der Waals surface area contributed by atoms with E-state index in [2.05, 4.69) is 41.4 Å². The Kier molecular flexibility index (Phi) is 6.00. The number of para-hydroxylation sites is 1. The Morgan fingerprint density at radius 1 is 1.04 bits per heavy atom. The van der Waals surface area contributed by atoms with E-state index in [0.717, 1.165) is 43.9 Å². The van der Waals surface area contributed by atoms with E-state index < -0.39 is 0 Å². The van der Waals surface area contributed by atoms with Gasteiger partial charge < -0.3 is 19.9 Å². The van der Waals surface area contributed by atoms with Crippen LogP contribution in [0, 0.1) is 0 Å². The molecule has 1 saturated heterocycles. The van der Waals surface area contributed by atoms with Gasteiger partial charge in [-0.05, 0) is 35.7 Å². The zero-order chi connectivity index (χ0) is 18.4. The lowest BCUT2D eigenvalue weighted by Crippen LogP contribution is -2.51. The van der Waals surface area contributed by atoms with Crippen molar-refractivity contribution in [2.45, 2.75) is 19.9 Å². The minimum absolute atomic E-state index is 0.00393. The molecule has 3 rings (SSSR count). The van der Waals surface area contributed by atoms with Gasteiger partial charge in [-0.3, -0.25) is 0 Å². The van der Waals surface area contributed by atoms with Crippen LogP contribution in [-0.4, -0.2) is 44.2 Å². The number of carbonyl (C=O) groups is 1. The molecule has 2 amide bonds. The van der Waals surface area contributed by atoms with E-state index >= 15 is 0 Å². The smallest absolute Gasteiger partial charge is 0.317 e. The van der Waals surface area contributed by atoms with Gasteiger partial charge in [0.2, 0.25) is 0 Å². The third kappa shape index (κ3) is 4.28. The van der Waals surface area contributed by atoms with Crippen molar-refractivity contribution in [1.29, 1.82) is 0 Å². The highest BCUT2D eigenvalue weighted by atomic mass is 16.5. The molecule has 26 heavy (non-hydrogen) atoms. The summed E-state index contributed by atoms with van der Waals surface area (Å²) in [7, 11) is 1.65. The second-order valence-corrected chi connectivity index (χ2v) is 6.46. The maximum absolute atomic E-state index is 12.4. The van der Waals surface area contributed by atoms with Gasteiger partial charge in [-0.2, -0.15) is 0 Å². The maximum atomic E-state index is 12.4. The first-order chi connectivity index (χ1) is 12.7. The molecule has 1 heterocycles. The number of piperazine rings is 1. The Balaban J connectivity index is 1.50. The maximum Gasteiger partial charge on any atom is 0.317 e. The molecule has 2 aromatic carbocycles. The first-order valence-electron chi connectivity index (χ1n) is 9.20. The molecule has 1 aliphatic heterocycles. The number of nitrogens with zero attached hydrogens (tertiary/aromatic N) is 2. The van der Waals surface area contributed by atoms with Crippen LogP contribution in [0.3, 0.4) is 0 Å². The first kappa shape index (κ1) is 18.1. The average molecular weight is 353 g/mol. The number of rotatable bonds is 5. The van der Waals surface area contributed by atoms with E-state index in [-0.39, 0.29) is 6.03 Å². The van der Waals surface area contributed by atoms with Crippen LogP contribution in [-0.2, 0) is 13.0 Å². The van der Waals surface area contributed by atoms with Crippen LogP contribution in [0.2, 0.25) is 0 Å². The van der Waals surface area contributed by atoms with Gasteiger partial charge in [-0.15, -0.1) is 0 Å². The van der Waals surface area contributed by atoms with Crippen LogP contribution in [0.1, 0.15) is 18.1 Å². The minimum Gasteiger partial charge on any atom is -0.497 e. The number of carbonyl (C=O) groups excluding carboxylic acids is 1. The summed E-state index contributed by atoms with van der Waals surface area (Å²) in [6.07, 6.45) is 1.03. The van der Waals surface area contributed by atoms with Crippen LogP contribution in [0.5, 0.6) is 5.75 Å². The van der Waals surface area contributed by atoms with Gasteiger partial charge in [0.15, 0.2) is 0 Å². The quantitative estimate of drug-likeness (QED) is 0.897. The van der Waals surface area contributed by atoms with Crippen molar-refractivity contribution < 1.29 is 9.53 Å². The zero-order valence-corrected chi connectivity index (χ0v) is 15.6. The third-order valence-corrected chi connectivity index (χ3v) is 4.88. The molecule has 0 aromatic heterocycles. The molecule has 0 atom stereocenters. The summed E-state index contributed by atoms with van der Waals surface area (Å²) in [4.78, 5) is 16.7. The van der Waals surface area contributed by atoms with Crippen molar-refractivity contribution in [2.24, 2.45) is 0 Å². The molecule has 0 unspecified atom stereocenters. The molecule has 138 valence electrons. The van der Waals surface area contributed by atoms with Crippen LogP contribution in [0.25, 0.3) is 0 Å². The van der Waals surface area contributed by atoms with Gasteiger partial charge in [0.1, 0.15) is 5.75 Å². The highest BCUT2D eigenvalue weighted by Gasteiger charge is 2.22. The Hall–Kier alpha value is -2.69. The molecule has 5 heteroatoms. The lowest BCUT2D eigenvalue weighted by molar-refractivity contribution is 0.194. The highest BCUT2D eigenvalue weighted by molar-refractivity contribution is 5.74. The van der Waals surface area contributed by atoms with E-state index in [1.165, 1.54) is 11.3 Å². The standard InChI is InChI=1S/C21H27N3O2/c1-3-18-6-4-5-7-20(18)23-12-14-24(15-13-23)21(25)22-16-17-8-10-19(26-2)11-9-17/h4-11H,3,12-16H2,1-2H3,(H,22,25). The molecule has 0 bridgehead atoms. The van der Waals surface area contributed by atoms with E-state index in [9.17, 15) is 4.79 Å². The Morgan fingerprint density at radius 3 is 2.38 bits per heavy atom. The molecule has 1 aliphatic rings. The molecule has 0 radical (unpaired) electrons. The zero-order valence-electron chi connectivity index (χ0n) is 15.6. The van der Waals surface area contributed by atoms with Gasteiger partial charge in [0.25, 0.3) is 0 Å². The molecule has 1 N–H and O–H groups in total. The number of ether oxygens (including phenoxy) is 1. The number of hydrogen-bond donors (Lipinski definition) is 1. The number of aryl methyl sites for hydroxylation is 1. The van der Waals surface area contributed by atoms with Crippen molar-refractivity contribution in [3.63, 3.8) is 0 Å². The van der Waals surface area contributed by atoms with Gasteiger partial charge in [0, 0.05) is 38.4 Å². The summed E-state index contributed by atoms with van der Waals surface area (Å²) in [6.45, 7) is 5.93. The summed E-state index contributed by atoms with van der Waals surface area (Å²) in [5.74, 6) is 0.823. The van der Waals surface area contributed by atoms with Crippen molar-refractivity contribution >= 4 is 11.7 Å². The number of urea groups is 1. The Bertz CT molecular complexity index is 722. The molecule has 0 aliphatic carbocycles. The van der Waals surface area contributed by atoms with Crippen LogP contribution in [0.4, 0.5) is 10.5 Å². The highest BCUT2D eigenvalue weighted by Crippen LogP contribution is 2.22. The summed E-state index contributed by atoms with van der Waals surface area (Å²) < 4.78 is 5.15. The Labute approximate surface area is 155 Å². The van der Waals surface area contributed by atoms with Crippen LogP contribution in [0.15, 0.2) is 48.5 Å². The van der Waals surface area contributed by atoms with Crippen LogP contribution < -0.4 is 15.0 Å². The van der Waals surface area contributed by atoms with E-state index in [0.29, 0.717) is 6.54 Å². The van der Waals surface area contributed by atoms with Gasteiger partial charge in [-0.25, -0.2) is 4.79 Å². The predicted octanol–water partition coefficient (Wildman–Crippen LogP) is 3.29. The summed E-state index contributed by atoms with van der Waals surface area (Å²) in [6, 6.07) is 16.3. The average Bonchev–Trinajstić information content (AvgIpc) is 2.72. The molecule has 1 fully saturated rings. The SMILES string of the molecule is CCc1ccccc1N1CCN(C(=O)NCc2ccc(OC)cc2)CC1. The molecule has 2 aromatic rings. The molecular formula is C21H27N3O2. The summed E-state index contributed by atoms with van der Waals surface area (Å²) in [5, 5.41) is 3.01. The first-order valence-corrected chi connectivity index (χ1v) is 9.20. The number of hydrogen-bond acceptors (Lipinski definition) is 3. The Morgan fingerprint density at radius 2 is 1.73 bits per heavy atom. The fraction of sp³-hybridized carbons (Fsp3) is 0.381. The fourth-order valence-corrected chi connectivity index (χ4v) is 3.30. The second-order valence-electron chi connectivity index (χ2n) is 6.46. The lowest BCUT2D eigenvalue weighted by Gasteiger charge is -2.37. The summed E-state index contributed by atoms with van der Waals surface area (Å²) >= 11 is 0. The number of amides is 2. The monoisotopic (exact) mass is 353 g/mol. The number of methoxy groups -OCH3 is 1. The predicted molar refractivity (Wildman–Crippen MR) is 105 cm³/mol. The van der Waals surface area contributed by atoms with Gasteiger partial charge in [0.05, 0.1) is 7.11 Å². The van der Waals surface area contributed by atoms with Gasteiger partial charge in [-0.1, -0.05) is 37.3 Å². The topological polar surface area (TPSA) is 44.8 Å². The number of benzene rings is 2. The molecule has 0 saturated carbocycles. The van der Waals surface area contributed by atoms with Crippen molar-refractivity contribution in [3.05, 3.63) is 59.7 Å². The van der Waals surface area contributed by atoms with Gasteiger partial charge >= 0.3 is 6.03 Å². The van der Waals surface area contributed by atoms with E-state index in [1.807, 2.05) is 29.2 Å². The van der Waals surface area contributed by atoms with Crippen molar-refractivity contribution in [3.8, 4) is 5.75 Å². The summed E-state index contributed by atoms with van der Waals surface area (Å²) in [5.41, 5.74) is 3.73. The molecule has 0 spiro atoms. The normalized spacial score (nSPS) is 14.2. The third-order valence-electron chi connectivity index (χ3n) is 4.88. The lowest BCUT2D eigenvalue weighted by atomic mass is 10.1. The molecular weight excluding hydrogens is 326 g/mol. The van der Waals surface area contributed by atoms with E-state index in [4.69, 9.17) is 4.74 Å². The second kappa shape index (κ2) is 8.61. The minimum atomic E-state index is 0.00393. The molecule has 5 nitrogen and oxygen atoms in total. The van der Waals surface area contributed by atoms with Crippen LogP contribution >= 0.6 is 0 Å². The number of nitrogens with one attached hydrogen (secondary N) is 1.